The van der Waals surface area contributed by atoms with Gasteiger partial charge in [0.25, 0.3) is 0 Å². The molecule has 0 saturated carbocycles. The van der Waals surface area contributed by atoms with Crippen LogP contribution in [0.1, 0.15) is 20.8 Å². The van der Waals surface area contributed by atoms with Crippen molar-refractivity contribution in [3.05, 3.63) is 0 Å². The van der Waals surface area contributed by atoms with Crippen molar-refractivity contribution in [3.63, 3.8) is 0 Å². The molecule has 0 saturated heterocycles. The maximum atomic E-state index is 12.9. The fourth-order valence-electron chi connectivity index (χ4n) is 0.763. The van der Waals surface area contributed by atoms with Gasteiger partial charge in [-0.25, -0.2) is 0 Å². The molecular formula is C6H11F6OP. The van der Waals surface area contributed by atoms with E-state index in [0.29, 0.717) is 0 Å². The molecule has 1 N–H and O–H groups in total. The fourth-order valence-corrected chi connectivity index (χ4v) is 1.49. The Morgan fingerprint density at radius 2 is 1.36 bits per heavy atom. The quantitative estimate of drug-likeness (QED) is 0.585. The van der Waals surface area contributed by atoms with Crippen molar-refractivity contribution in [3.8, 4) is 0 Å². The number of halogens is 6. The molecule has 88 valence electrons. The van der Waals surface area contributed by atoms with E-state index in [1.807, 2.05) is 0 Å². The summed E-state index contributed by atoms with van der Waals surface area (Å²) in [6, 6.07) is 0. The van der Waals surface area contributed by atoms with Crippen LogP contribution < -0.4 is 0 Å². The van der Waals surface area contributed by atoms with E-state index in [4.69, 9.17) is 4.89 Å². The zero-order valence-electron chi connectivity index (χ0n) is 7.74. The molecule has 0 aliphatic carbocycles. The average molecular weight is 244 g/mol. The molecule has 8 heteroatoms. The van der Waals surface area contributed by atoms with Crippen molar-refractivity contribution in [2.45, 2.75) is 32.1 Å². The van der Waals surface area contributed by atoms with Crippen molar-refractivity contribution >= 4 is 7.76 Å². The van der Waals surface area contributed by atoms with E-state index in [2.05, 4.69) is 0 Å². The third-order valence-electron chi connectivity index (χ3n) is 2.00. The Morgan fingerprint density at radius 3 is 1.43 bits per heavy atom. The van der Waals surface area contributed by atoms with Crippen LogP contribution in [0.3, 0.4) is 0 Å². The molecule has 0 radical (unpaired) electrons. The molecule has 0 aromatic rings. The van der Waals surface area contributed by atoms with Gasteiger partial charge in [0.2, 0.25) is 0 Å². The summed E-state index contributed by atoms with van der Waals surface area (Å²) in [7, 11) is -8.47. The van der Waals surface area contributed by atoms with E-state index in [1.54, 1.807) is 0 Å². The molecule has 0 spiro atoms. The van der Waals surface area contributed by atoms with Crippen LogP contribution in [-0.2, 0) is 0 Å². The van der Waals surface area contributed by atoms with E-state index in [1.165, 1.54) is 0 Å². The summed E-state index contributed by atoms with van der Waals surface area (Å²) in [5.74, 6) is -6.49. The molecule has 0 rings (SSSR count). The van der Waals surface area contributed by atoms with Crippen LogP contribution in [0.25, 0.3) is 0 Å². The minimum absolute atomic E-state index is 0.329. The summed E-state index contributed by atoms with van der Waals surface area (Å²) < 4.78 is 75.3. The normalized spacial score (nSPS) is 21.5. The predicted octanol–water partition coefficient (Wildman–Crippen LogP) is 4.08. The van der Waals surface area contributed by atoms with Gasteiger partial charge in [-0.1, -0.05) is 0 Å². The van der Waals surface area contributed by atoms with Gasteiger partial charge in [-0.2, -0.15) is 0 Å². The van der Waals surface area contributed by atoms with Gasteiger partial charge in [0.1, 0.15) is 0 Å². The Morgan fingerprint density at radius 1 is 1.07 bits per heavy atom. The first-order valence-corrected chi connectivity index (χ1v) is 5.55. The Kier molecular flexibility index (Phi) is 2.97. The number of hydrogen-bond acceptors (Lipinski definition) is 1. The van der Waals surface area contributed by atoms with E-state index >= 15 is 0 Å². The molecule has 0 fully saturated rings. The third kappa shape index (κ3) is 1.98. The molecule has 0 aliphatic heterocycles. The van der Waals surface area contributed by atoms with Crippen LogP contribution in [-0.4, -0.2) is 16.2 Å². The first kappa shape index (κ1) is 14.0. The number of rotatable bonds is 3. The second kappa shape index (κ2) is 2.98. The van der Waals surface area contributed by atoms with Crippen LogP contribution in [0.5, 0.6) is 0 Å². The zero-order valence-corrected chi connectivity index (χ0v) is 8.63. The van der Waals surface area contributed by atoms with Gasteiger partial charge in [-0.15, -0.1) is 0 Å². The Labute approximate surface area is 77.5 Å². The first-order chi connectivity index (χ1) is 5.71. The third-order valence-corrected chi connectivity index (χ3v) is 3.62. The van der Waals surface area contributed by atoms with Crippen LogP contribution in [0.2, 0.25) is 0 Å². The van der Waals surface area contributed by atoms with Crippen LogP contribution in [0, 0.1) is 5.92 Å². The van der Waals surface area contributed by atoms with Crippen LogP contribution >= 0.6 is 7.76 Å². The van der Waals surface area contributed by atoms with E-state index in [9.17, 15) is 25.8 Å². The molecule has 14 heavy (non-hydrogen) atoms. The minimum atomic E-state index is -8.47. The van der Waals surface area contributed by atoms with Crippen molar-refractivity contribution in [1.82, 2.24) is 0 Å². The summed E-state index contributed by atoms with van der Waals surface area (Å²) in [6.07, 6.45) is 0. The van der Waals surface area contributed by atoms with Gasteiger partial charge in [-0.3, -0.25) is 0 Å². The van der Waals surface area contributed by atoms with Gasteiger partial charge < -0.3 is 0 Å². The summed E-state index contributed by atoms with van der Waals surface area (Å²) in [4.78, 5) is 7.87. The SMILES string of the molecule is CC(C)C(F)(F)C(C)(F)P(O)(F)(F)F. The zero-order chi connectivity index (χ0) is 12.0. The van der Waals surface area contributed by atoms with Gasteiger partial charge in [0, 0.05) is 0 Å². The molecule has 1 nitrogen and oxygen atoms in total. The van der Waals surface area contributed by atoms with E-state index < -0.39 is 25.0 Å². The molecule has 0 aliphatic rings. The molecule has 1 unspecified atom stereocenters. The average Bonchev–Trinajstić information content (AvgIpc) is 1.81. The Balaban J connectivity index is 5.38. The van der Waals surface area contributed by atoms with E-state index in [-0.39, 0.29) is 6.92 Å². The molecule has 1 atom stereocenters. The molecule has 0 amide bonds. The predicted molar refractivity (Wildman–Crippen MR) is 41.8 cm³/mol. The number of alkyl halides is 3. The Bertz CT molecular complexity index is 221. The fraction of sp³-hybridized carbons (Fsp3) is 1.00. The van der Waals surface area contributed by atoms with Gasteiger partial charge in [0.15, 0.2) is 0 Å². The maximum absolute atomic E-state index is 12.9. The topological polar surface area (TPSA) is 20.2 Å². The second-order valence-electron chi connectivity index (χ2n) is 3.50. The summed E-state index contributed by atoms with van der Waals surface area (Å²) in [6.45, 7) is 1.17. The van der Waals surface area contributed by atoms with E-state index in [0.717, 1.165) is 13.8 Å². The van der Waals surface area contributed by atoms with Gasteiger partial charge >= 0.3 is 76.4 Å². The van der Waals surface area contributed by atoms with Crippen molar-refractivity contribution < 1.29 is 30.7 Å². The van der Waals surface area contributed by atoms with Crippen molar-refractivity contribution in [2.75, 3.05) is 0 Å². The molecule has 0 aromatic heterocycles. The Hall–Kier alpha value is -0.0300. The van der Waals surface area contributed by atoms with Crippen LogP contribution in [0.4, 0.5) is 25.8 Å². The molecule has 0 heterocycles. The monoisotopic (exact) mass is 244 g/mol. The van der Waals surface area contributed by atoms with Gasteiger partial charge in [-0.05, 0) is 0 Å². The van der Waals surface area contributed by atoms with Gasteiger partial charge in [0.05, 0.1) is 0 Å². The van der Waals surface area contributed by atoms with Crippen molar-refractivity contribution in [1.29, 1.82) is 0 Å². The second-order valence-corrected chi connectivity index (χ2v) is 5.89. The van der Waals surface area contributed by atoms with Crippen molar-refractivity contribution in [2.24, 2.45) is 5.92 Å². The van der Waals surface area contributed by atoms with Crippen LogP contribution in [0.15, 0.2) is 0 Å². The number of hydrogen-bond donors (Lipinski definition) is 1. The standard InChI is InChI=1S/C6H11F6OP/c1-4(2)6(8,9)5(3,7)14(10,11,12)13/h4,13H,1-3H3. The first-order valence-electron chi connectivity index (χ1n) is 3.69. The molecule has 0 aromatic carbocycles. The summed E-state index contributed by atoms with van der Waals surface area (Å²) in [5.41, 5.74) is 0. The molecular weight excluding hydrogens is 233 g/mol. The summed E-state index contributed by atoms with van der Waals surface area (Å²) in [5, 5.41) is -4.85. The molecule has 0 bridgehead atoms. The summed E-state index contributed by atoms with van der Waals surface area (Å²) >= 11 is 0.